The second-order valence-corrected chi connectivity index (χ2v) is 6.79. The molecule has 0 atom stereocenters. The van der Waals surface area contributed by atoms with Crippen LogP contribution in [0.2, 0.25) is 0 Å². The summed E-state index contributed by atoms with van der Waals surface area (Å²) in [4.78, 5) is 12.5. The van der Waals surface area contributed by atoms with Gasteiger partial charge in [-0.2, -0.15) is 4.68 Å². The van der Waals surface area contributed by atoms with Crippen LogP contribution in [0.4, 0.5) is 5.69 Å². The number of rotatable bonds is 6. The number of nitrogens with zero attached hydrogens (tertiary/aromatic N) is 4. The predicted octanol–water partition coefficient (Wildman–Crippen LogP) is 4.43. The van der Waals surface area contributed by atoms with E-state index in [9.17, 15) is 4.79 Å². The van der Waals surface area contributed by atoms with Crippen LogP contribution in [0.1, 0.15) is 10.4 Å². The zero-order valence-electron chi connectivity index (χ0n) is 15.5. The van der Waals surface area contributed by atoms with Crippen LogP contribution >= 0.6 is 11.8 Å². The molecule has 0 unspecified atom stereocenters. The molecule has 0 radical (unpaired) electrons. The monoisotopic (exact) mass is 403 g/mol. The number of hydrogen-bond donors (Lipinski definition) is 1. The summed E-state index contributed by atoms with van der Waals surface area (Å²) in [6, 6.07) is 23.8. The minimum Gasteiger partial charge on any atom is -0.457 e. The maximum absolute atomic E-state index is 12.5. The molecule has 1 aromatic heterocycles. The molecule has 7 nitrogen and oxygen atoms in total. The number of amides is 1. The van der Waals surface area contributed by atoms with Gasteiger partial charge < -0.3 is 10.1 Å². The Kier molecular flexibility index (Phi) is 5.53. The van der Waals surface area contributed by atoms with Crippen LogP contribution in [0, 0.1) is 0 Å². The van der Waals surface area contributed by atoms with Crippen LogP contribution in [-0.2, 0) is 0 Å². The van der Waals surface area contributed by atoms with E-state index in [0.717, 1.165) is 11.4 Å². The lowest BCUT2D eigenvalue weighted by molar-refractivity contribution is 0.102. The molecule has 3 aromatic carbocycles. The van der Waals surface area contributed by atoms with Gasteiger partial charge in [0.05, 0.1) is 5.69 Å². The number of hydrogen-bond acceptors (Lipinski definition) is 6. The molecule has 29 heavy (non-hydrogen) atoms. The Bertz CT molecular complexity index is 1100. The van der Waals surface area contributed by atoms with E-state index in [1.54, 1.807) is 28.9 Å². The first-order valence-corrected chi connectivity index (χ1v) is 10.0. The zero-order chi connectivity index (χ0) is 20.1. The average molecular weight is 403 g/mol. The molecule has 1 N–H and O–H groups in total. The van der Waals surface area contributed by atoms with Crippen molar-refractivity contribution in [2.75, 3.05) is 11.6 Å². The summed E-state index contributed by atoms with van der Waals surface area (Å²) >= 11 is 1.46. The minimum atomic E-state index is -0.198. The van der Waals surface area contributed by atoms with Crippen molar-refractivity contribution in [3.63, 3.8) is 0 Å². The van der Waals surface area contributed by atoms with E-state index in [1.165, 1.54) is 11.8 Å². The molecule has 0 aliphatic rings. The number of para-hydroxylation sites is 1. The smallest absolute Gasteiger partial charge is 0.255 e. The van der Waals surface area contributed by atoms with Crippen molar-refractivity contribution < 1.29 is 9.53 Å². The normalized spacial score (nSPS) is 10.5. The third kappa shape index (κ3) is 4.44. The van der Waals surface area contributed by atoms with Crippen LogP contribution in [0.15, 0.2) is 84.0 Å². The van der Waals surface area contributed by atoms with Crippen molar-refractivity contribution in [2.24, 2.45) is 0 Å². The van der Waals surface area contributed by atoms with E-state index in [4.69, 9.17) is 4.74 Å². The van der Waals surface area contributed by atoms with Gasteiger partial charge in [-0.15, -0.1) is 5.10 Å². The molecule has 0 aliphatic carbocycles. The van der Waals surface area contributed by atoms with Crippen molar-refractivity contribution in [2.45, 2.75) is 5.16 Å². The predicted molar refractivity (Wildman–Crippen MR) is 112 cm³/mol. The third-order valence-corrected chi connectivity index (χ3v) is 4.71. The fraction of sp³-hybridized carbons (Fsp3) is 0.0476. The molecule has 4 rings (SSSR count). The Hall–Kier alpha value is -3.65. The van der Waals surface area contributed by atoms with Crippen molar-refractivity contribution in [3.05, 3.63) is 84.4 Å². The molecule has 1 heterocycles. The van der Waals surface area contributed by atoms with Crippen LogP contribution < -0.4 is 10.1 Å². The molecule has 144 valence electrons. The highest BCUT2D eigenvalue weighted by Crippen LogP contribution is 2.22. The maximum atomic E-state index is 12.5. The number of nitrogens with one attached hydrogen (secondary N) is 1. The van der Waals surface area contributed by atoms with Gasteiger partial charge in [0, 0.05) is 11.3 Å². The quantitative estimate of drug-likeness (QED) is 0.480. The second kappa shape index (κ2) is 8.57. The van der Waals surface area contributed by atoms with Crippen molar-refractivity contribution in [3.8, 4) is 17.2 Å². The van der Waals surface area contributed by atoms with Crippen molar-refractivity contribution in [1.29, 1.82) is 0 Å². The number of carbonyl (C=O) groups excluding carboxylic acids is 1. The molecule has 1 amide bonds. The summed E-state index contributed by atoms with van der Waals surface area (Å²) in [5, 5.41) is 15.2. The molecule has 0 saturated carbocycles. The van der Waals surface area contributed by atoms with Gasteiger partial charge in [0.2, 0.25) is 5.16 Å². The average Bonchev–Trinajstić information content (AvgIpc) is 3.24. The second-order valence-electron chi connectivity index (χ2n) is 6.02. The van der Waals surface area contributed by atoms with Gasteiger partial charge in [-0.3, -0.25) is 4.79 Å². The topological polar surface area (TPSA) is 81.9 Å². The van der Waals surface area contributed by atoms with E-state index in [-0.39, 0.29) is 5.91 Å². The zero-order valence-corrected chi connectivity index (χ0v) is 16.3. The molecule has 4 aromatic rings. The fourth-order valence-electron chi connectivity index (χ4n) is 2.66. The lowest BCUT2D eigenvalue weighted by atomic mass is 10.2. The fourth-order valence-corrected chi connectivity index (χ4v) is 3.09. The number of ether oxygens (including phenoxy) is 1. The van der Waals surface area contributed by atoms with Crippen LogP contribution in [0.3, 0.4) is 0 Å². The highest BCUT2D eigenvalue weighted by molar-refractivity contribution is 7.98. The van der Waals surface area contributed by atoms with Gasteiger partial charge in [0.25, 0.3) is 5.91 Å². The molecule has 0 aliphatic heterocycles. The number of tetrazole rings is 1. The Balaban J connectivity index is 1.41. The summed E-state index contributed by atoms with van der Waals surface area (Å²) in [6.07, 6.45) is 1.91. The number of anilines is 1. The Labute approximate surface area is 171 Å². The van der Waals surface area contributed by atoms with Gasteiger partial charge in [-0.05, 0) is 77.3 Å². The first kappa shape index (κ1) is 18.7. The van der Waals surface area contributed by atoms with E-state index in [2.05, 4.69) is 20.8 Å². The summed E-state index contributed by atoms with van der Waals surface area (Å²) in [5.41, 5.74) is 2.04. The highest BCUT2D eigenvalue weighted by atomic mass is 32.2. The summed E-state index contributed by atoms with van der Waals surface area (Å²) < 4.78 is 7.39. The Morgan fingerprint density at radius 1 is 0.931 bits per heavy atom. The molecular formula is C21H17N5O2S. The standard InChI is InChI=1S/C21H17N5O2S/c1-29-21-23-24-25-26(21)17-11-9-16(10-12-17)22-20(27)15-7-13-19(14-8-15)28-18-5-3-2-4-6-18/h2-14H,1H3,(H,22,27). The largest absolute Gasteiger partial charge is 0.457 e. The van der Waals surface area contributed by atoms with Gasteiger partial charge >= 0.3 is 0 Å². The van der Waals surface area contributed by atoms with E-state index in [0.29, 0.717) is 22.2 Å². The van der Waals surface area contributed by atoms with E-state index >= 15 is 0 Å². The van der Waals surface area contributed by atoms with Crippen LogP contribution in [0.25, 0.3) is 5.69 Å². The SMILES string of the molecule is CSc1nnnn1-c1ccc(NC(=O)c2ccc(Oc3ccccc3)cc2)cc1. The molecule has 0 spiro atoms. The maximum Gasteiger partial charge on any atom is 0.255 e. The molecule has 8 heteroatoms. The molecule has 0 bridgehead atoms. The van der Waals surface area contributed by atoms with Crippen LogP contribution in [0.5, 0.6) is 11.5 Å². The van der Waals surface area contributed by atoms with Crippen molar-refractivity contribution in [1.82, 2.24) is 20.2 Å². The van der Waals surface area contributed by atoms with E-state index in [1.807, 2.05) is 60.9 Å². The molecule has 0 fully saturated rings. The third-order valence-electron chi connectivity index (χ3n) is 4.09. The summed E-state index contributed by atoms with van der Waals surface area (Å²) in [5.74, 6) is 1.22. The number of aromatic nitrogens is 4. The number of benzene rings is 3. The lowest BCUT2D eigenvalue weighted by Gasteiger charge is -2.08. The molecule has 0 saturated heterocycles. The molecular weight excluding hydrogens is 386 g/mol. The van der Waals surface area contributed by atoms with E-state index < -0.39 is 0 Å². The van der Waals surface area contributed by atoms with Gasteiger partial charge in [0.15, 0.2) is 0 Å². The first-order valence-electron chi connectivity index (χ1n) is 8.80. The van der Waals surface area contributed by atoms with Crippen molar-refractivity contribution >= 4 is 23.4 Å². The Morgan fingerprint density at radius 2 is 1.62 bits per heavy atom. The Morgan fingerprint density at radius 3 is 2.31 bits per heavy atom. The first-order chi connectivity index (χ1) is 14.2. The van der Waals surface area contributed by atoms with Gasteiger partial charge in [-0.1, -0.05) is 30.0 Å². The lowest BCUT2D eigenvalue weighted by Crippen LogP contribution is -2.11. The number of carbonyl (C=O) groups is 1. The van der Waals surface area contributed by atoms with Crippen LogP contribution in [-0.4, -0.2) is 32.4 Å². The van der Waals surface area contributed by atoms with Gasteiger partial charge in [-0.25, -0.2) is 0 Å². The minimum absolute atomic E-state index is 0.198. The number of thioether (sulfide) groups is 1. The highest BCUT2D eigenvalue weighted by Gasteiger charge is 2.09. The van der Waals surface area contributed by atoms with Gasteiger partial charge in [0.1, 0.15) is 11.5 Å². The summed E-state index contributed by atoms with van der Waals surface area (Å²) in [6.45, 7) is 0. The summed E-state index contributed by atoms with van der Waals surface area (Å²) in [7, 11) is 0.